The summed E-state index contributed by atoms with van der Waals surface area (Å²) in [6.07, 6.45) is 4.65. The van der Waals surface area contributed by atoms with Gasteiger partial charge in [0, 0.05) is 25.6 Å². The molecule has 0 N–H and O–H groups in total. The molecule has 1 aromatic heterocycles. The molecular formula is C13H20ClN3. The highest BCUT2D eigenvalue weighted by atomic mass is 35.5. The van der Waals surface area contributed by atoms with Crippen LogP contribution in [0.1, 0.15) is 38.9 Å². The van der Waals surface area contributed by atoms with Gasteiger partial charge in [-0.2, -0.15) is 0 Å². The first kappa shape index (κ1) is 12.6. The lowest BCUT2D eigenvalue weighted by Crippen LogP contribution is -2.34. The molecule has 0 radical (unpaired) electrons. The molecule has 1 aliphatic heterocycles. The summed E-state index contributed by atoms with van der Waals surface area (Å²) >= 11 is 6.03. The van der Waals surface area contributed by atoms with Crippen molar-refractivity contribution in [1.29, 1.82) is 0 Å². The van der Waals surface area contributed by atoms with E-state index in [4.69, 9.17) is 11.6 Å². The normalized spacial score (nSPS) is 17.5. The van der Waals surface area contributed by atoms with Gasteiger partial charge in [0.2, 0.25) is 0 Å². The smallest absolute Gasteiger partial charge is 0.134 e. The standard InChI is InChI=1S/C13H20ClN3/c1-3-10-5-7-17(8-6-10)13-9-11(14)15-12(4-2)16-13/h9-10H,3-8H2,1-2H3. The maximum absolute atomic E-state index is 6.03. The van der Waals surface area contributed by atoms with Gasteiger partial charge >= 0.3 is 0 Å². The molecule has 0 aliphatic carbocycles. The van der Waals surface area contributed by atoms with E-state index >= 15 is 0 Å². The summed E-state index contributed by atoms with van der Waals surface area (Å²) in [6.45, 7) is 6.51. The van der Waals surface area contributed by atoms with Gasteiger partial charge in [0.05, 0.1) is 0 Å². The van der Waals surface area contributed by atoms with Crippen LogP contribution in [0.4, 0.5) is 5.82 Å². The number of aromatic nitrogens is 2. The molecule has 2 heterocycles. The van der Waals surface area contributed by atoms with E-state index in [1.165, 1.54) is 19.3 Å². The fraction of sp³-hybridized carbons (Fsp3) is 0.692. The fourth-order valence-electron chi connectivity index (χ4n) is 2.34. The third-order valence-corrected chi connectivity index (χ3v) is 3.75. The van der Waals surface area contributed by atoms with Gasteiger partial charge in [-0.15, -0.1) is 0 Å². The third kappa shape index (κ3) is 3.09. The second-order valence-electron chi connectivity index (χ2n) is 4.66. The fourth-order valence-corrected chi connectivity index (χ4v) is 2.54. The lowest BCUT2D eigenvalue weighted by Gasteiger charge is -2.32. The van der Waals surface area contributed by atoms with E-state index in [-0.39, 0.29) is 0 Å². The Morgan fingerprint density at radius 3 is 2.59 bits per heavy atom. The zero-order valence-corrected chi connectivity index (χ0v) is 11.4. The molecule has 1 aromatic rings. The Bertz CT molecular complexity index is 373. The lowest BCUT2D eigenvalue weighted by molar-refractivity contribution is 0.393. The number of hydrogen-bond donors (Lipinski definition) is 0. The van der Waals surface area contributed by atoms with Gasteiger partial charge in [-0.1, -0.05) is 31.9 Å². The second kappa shape index (κ2) is 5.67. The minimum Gasteiger partial charge on any atom is -0.356 e. The highest BCUT2D eigenvalue weighted by Gasteiger charge is 2.19. The summed E-state index contributed by atoms with van der Waals surface area (Å²) in [7, 11) is 0. The van der Waals surface area contributed by atoms with Gasteiger partial charge in [-0.25, -0.2) is 9.97 Å². The lowest BCUT2D eigenvalue weighted by atomic mass is 9.94. The number of anilines is 1. The minimum atomic E-state index is 0.560. The van der Waals surface area contributed by atoms with Gasteiger partial charge in [0.25, 0.3) is 0 Å². The first-order chi connectivity index (χ1) is 8.22. The van der Waals surface area contributed by atoms with Crippen LogP contribution in [0.3, 0.4) is 0 Å². The van der Waals surface area contributed by atoms with Crippen molar-refractivity contribution in [3.8, 4) is 0 Å². The maximum atomic E-state index is 6.03. The summed E-state index contributed by atoms with van der Waals surface area (Å²) in [4.78, 5) is 11.1. The Kier molecular flexibility index (Phi) is 4.21. The average Bonchev–Trinajstić information content (AvgIpc) is 2.38. The molecule has 0 unspecified atom stereocenters. The molecule has 2 rings (SSSR count). The SMILES string of the molecule is CCc1nc(Cl)cc(N2CCC(CC)CC2)n1. The van der Waals surface area contributed by atoms with E-state index in [9.17, 15) is 0 Å². The molecule has 4 heteroatoms. The number of nitrogens with zero attached hydrogens (tertiary/aromatic N) is 3. The molecule has 0 bridgehead atoms. The van der Waals surface area contributed by atoms with E-state index in [1.807, 2.05) is 6.07 Å². The Hall–Kier alpha value is -0.830. The number of piperidine rings is 1. The summed E-state index contributed by atoms with van der Waals surface area (Å²) < 4.78 is 0. The van der Waals surface area contributed by atoms with Gasteiger partial charge in [0.15, 0.2) is 0 Å². The Morgan fingerprint density at radius 2 is 2.00 bits per heavy atom. The molecule has 3 nitrogen and oxygen atoms in total. The zero-order chi connectivity index (χ0) is 12.3. The van der Waals surface area contributed by atoms with Crippen molar-refractivity contribution in [2.24, 2.45) is 5.92 Å². The number of aryl methyl sites for hydroxylation is 1. The second-order valence-corrected chi connectivity index (χ2v) is 5.04. The van der Waals surface area contributed by atoms with Crippen LogP contribution in [-0.2, 0) is 6.42 Å². The van der Waals surface area contributed by atoms with Gasteiger partial charge < -0.3 is 4.90 Å². The van der Waals surface area contributed by atoms with Crippen molar-refractivity contribution in [2.75, 3.05) is 18.0 Å². The average molecular weight is 254 g/mol. The molecule has 1 saturated heterocycles. The number of rotatable bonds is 3. The first-order valence-corrected chi connectivity index (χ1v) is 6.89. The van der Waals surface area contributed by atoms with Crippen LogP contribution in [-0.4, -0.2) is 23.1 Å². The molecule has 1 fully saturated rings. The topological polar surface area (TPSA) is 29.0 Å². The molecule has 1 aliphatic rings. The zero-order valence-electron chi connectivity index (χ0n) is 10.6. The van der Waals surface area contributed by atoms with Crippen LogP contribution in [0.25, 0.3) is 0 Å². The van der Waals surface area contributed by atoms with Crippen LogP contribution in [0.15, 0.2) is 6.07 Å². The quantitative estimate of drug-likeness (QED) is 0.774. The minimum absolute atomic E-state index is 0.560. The summed E-state index contributed by atoms with van der Waals surface area (Å²) in [5.74, 6) is 2.72. The van der Waals surface area contributed by atoms with Crippen LogP contribution < -0.4 is 4.90 Å². The van der Waals surface area contributed by atoms with Crippen LogP contribution >= 0.6 is 11.6 Å². The van der Waals surface area contributed by atoms with Crippen LogP contribution in [0, 0.1) is 5.92 Å². The highest BCUT2D eigenvalue weighted by Crippen LogP contribution is 2.25. The molecule has 0 atom stereocenters. The van der Waals surface area contributed by atoms with Crippen molar-refractivity contribution < 1.29 is 0 Å². The van der Waals surface area contributed by atoms with Gasteiger partial charge in [-0.3, -0.25) is 0 Å². The molecule has 94 valence electrons. The molecule has 17 heavy (non-hydrogen) atoms. The summed E-state index contributed by atoms with van der Waals surface area (Å²) in [5, 5.41) is 0.560. The molecule has 0 aromatic carbocycles. The Balaban J connectivity index is 2.10. The van der Waals surface area contributed by atoms with Gasteiger partial charge in [-0.05, 0) is 18.8 Å². The Morgan fingerprint density at radius 1 is 1.29 bits per heavy atom. The molecular weight excluding hydrogens is 234 g/mol. The van der Waals surface area contributed by atoms with E-state index in [0.717, 1.165) is 37.1 Å². The predicted octanol–water partition coefficient (Wildman–Crippen LogP) is 3.32. The molecule has 0 spiro atoms. The predicted molar refractivity (Wildman–Crippen MR) is 71.6 cm³/mol. The van der Waals surface area contributed by atoms with Crippen LogP contribution in [0.2, 0.25) is 5.15 Å². The number of hydrogen-bond acceptors (Lipinski definition) is 3. The van der Waals surface area contributed by atoms with Crippen molar-refractivity contribution in [3.05, 3.63) is 17.0 Å². The first-order valence-electron chi connectivity index (χ1n) is 6.51. The monoisotopic (exact) mass is 253 g/mol. The van der Waals surface area contributed by atoms with Crippen LogP contribution in [0.5, 0.6) is 0 Å². The molecule has 0 amide bonds. The van der Waals surface area contributed by atoms with Crippen molar-refractivity contribution in [3.63, 3.8) is 0 Å². The van der Waals surface area contributed by atoms with Gasteiger partial charge in [0.1, 0.15) is 16.8 Å². The van der Waals surface area contributed by atoms with Crippen molar-refractivity contribution in [1.82, 2.24) is 9.97 Å². The van der Waals surface area contributed by atoms with E-state index in [1.54, 1.807) is 0 Å². The van der Waals surface area contributed by atoms with Crippen molar-refractivity contribution in [2.45, 2.75) is 39.5 Å². The third-order valence-electron chi connectivity index (χ3n) is 3.56. The number of halogens is 1. The van der Waals surface area contributed by atoms with Crippen molar-refractivity contribution >= 4 is 17.4 Å². The summed E-state index contributed by atoms with van der Waals surface area (Å²) in [5.41, 5.74) is 0. The highest BCUT2D eigenvalue weighted by molar-refractivity contribution is 6.29. The van der Waals surface area contributed by atoms with E-state index in [0.29, 0.717) is 5.15 Å². The summed E-state index contributed by atoms with van der Waals surface area (Å²) in [6, 6.07) is 1.88. The largest absolute Gasteiger partial charge is 0.356 e. The van der Waals surface area contributed by atoms with E-state index in [2.05, 4.69) is 28.7 Å². The van der Waals surface area contributed by atoms with E-state index < -0.39 is 0 Å². The molecule has 0 saturated carbocycles. The Labute approximate surface area is 108 Å². The maximum Gasteiger partial charge on any atom is 0.134 e.